The van der Waals surface area contributed by atoms with E-state index < -0.39 is 24.4 Å². The lowest BCUT2D eigenvalue weighted by molar-refractivity contribution is -0.201. The Kier molecular flexibility index (Phi) is 3.98. The molecule has 1 aliphatic rings. The Hall–Kier alpha value is -2.50. The van der Waals surface area contributed by atoms with Crippen molar-refractivity contribution in [1.82, 2.24) is 4.90 Å². The number of carbonyl (C=O) groups is 1. The molecule has 0 spiro atoms. The Labute approximate surface area is 131 Å². The van der Waals surface area contributed by atoms with Crippen molar-refractivity contribution in [3.8, 4) is 0 Å². The van der Waals surface area contributed by atoms with Crippen LogP contribution in [0.4, 0.5) is 18.0 Å². The summed E-state index contributed by atoms with van der Waals surface area (Å²) in [7, 11) is 0. The second-order valence-electron chi connectivity index (χ2n) is 5.31. The average Bonchev–Trinajstić information content (AvgIpc) is 2.86. The van der Waals surface area contributed by atoms with Crippen LogP contribution >= 0.6 is 0 Å². The quantitative estimate of drug-likeness (QED) is 0.843. The summed E-state index contributed by atoms with van der Waals surface area (Å²) in [6.45, 7) is 0.0613. The van der Waals surface area contributed by atoms with E-state index in [1.807, 2.05) is 0 Å². The minimum Gasteiger partial charge on any atom is -0.434 e. The van der Waals surface area contributed by atoms with Crippen molar-refractivity contribution >= 4 is 6.09 Å². The minimum atomic E-state index is -4.62. The average molecular weight is 321 g/mol. The molecule has 1 amide bonds. The highest BCUT2D eigenvalue weighted by Crippen LogP contribution is 2.42. The van der Waals surface area contributed by atoms with Gasteiger partial charge in [-0.1, -0.05) is 60.7 Å². The van der Waals surface area contributed by atoms with E-state index in [0.717, 1.165) is 10.5 Å². The molecule has 0 saturated carbocycles. The number of benzene rings is 2. The Morgan fingerprint density at radius 1 is 0.957 bits per heavy atom. The highest BCUT2D eigenvalue weighted by molar-refractivity contribution is 5.71. The molecule has 0 aliphatic carbocycles. The van der Waals surface area contributed by atoms with Gasteiger partial charge in [-0.2, -0.15) is 13.2 Å². The smallest absolute Gasteiger partial charge is 0.428 e. The fraction of sp³-hybridized carbons (Fsp3) is 0.235. The van der Waals surface area contributed by atoms with Crippen LogP contribution in [-0.2, 0) is 11.3 Å². The molecule has 1 heterocycles. The van der Waals surface area contributed by atoms with Crippen LogP contribution < -0.4 is 0 Å². The van der Waals surface area contributed by atoms with Crippen LogP contribution in [0.5, 0.6) is 0 Å². The normalized spacial score (nSPS) is 21.3. The molecule has 0 radical (unpaired) electrons. The van der Waals surface area contributed by atoms with Gasteiger partial charge in [0.2, 0.25) is 6.10 Å². The molecule has 6 heteroatoms. The largest absolute Gasteiger partial charge is 0.434 e. The molecule has 1 fully saturated rings. The van der Waals surface area contributed by atoms with E-state index >= 15 is 0 Å². The highest BCUT2D eigenvalue weighted by Gasteiger charge is 2.56. The Morgan fingerprint density at radius 2 is 1.52 bits per heavy atom. The van der Waals surface area contributed by atoms with Crippen LogP contribution in [0.25, 0.3) is 0 Å². The van der Waals surface area contributed by atoms with Crippen molar-refractivity contribution in [3.63, 3.8) is 0 Å². The second kappa shape index (κ2) is 5.95. The van der Waals surface area contributed by atoms with Crippen molar-refractivity contribution in [3.05, 3.63) is 71.8 Å². The Balaban J connectivity index is 1.97. The van der Waals surface area contributed by atoms with Gasteiger partial charge in [0.15, 0.2) is 0 Å². The monoisotopic (exact) mass is 321 g/mol. The number of halogens is 3. The fourth-order valence-electron chi connectivity index (χ4n) is 2.71. The molecular formula is C17H14F3NO2. The molecule has 2 atom stereocenters. The highest BCUT2D eigenvalue weighted by atomic mass is 19.4. The first-order valence-corrected chi connectivity index (χ1v) is 7.09. The molecule has 1 aliphatic heterocycles. The van der Waals surface area contributed by atoms with E-state index in [0.29, 0.717) is 5.56 Å². The van der Waals surface area contributed by atoms with Gasteiger partial charge in [-0.05, 0) is 11.1 Å². The van der Waals surface area contributed by atoms with E-state index in [2.05, 4.69) is 4.74 Å². The number of hydrogen-bond acceptors (Lipinski definition) is 2. The zero-order chi connectivity index (χ0) is 16.4. The molecule has 2 aromatic carbocycles. The predicted octanol–water partition coefficient (Wildman–Crippen LogP) is 4.31. The first-order valence-electron chi connectivity index (χ1n) is 7.09. The third-order valence-corrected chi connectivity index (χ3v) is 3.74. The number of rotatable bonds is 3. The maximum atomic E-state index is 13.3. The van der Waals surface area contributed by atoms with Gasteiger partial charge >= 0.3 is 12.3 Å². The number of carbonyl (C=O) groups excluding carboxylic acids is 1. The van der Waals surface area contributed by atoms with Crippen LogP contribution in [0.2, 0.25) is 0 Å². The van der Waals surface area contributed by atoms with Gasteiger partial charge in [0.25, 0.3) is 0 Å². The zero-order valence-electron chi connectivity index (χ0n) is 12.0. The van der Waals surface area contributed by atoms with Crippen molar-refractivity contribution in [1.29, 1.82) is 0 Å². The molecule has 0 bridgehead atoms. The molecular weight excluding hydrogens is 307 g/mol. The maximum absolute atomic E-state index is 13.3. The summed E-state index contributed by atoms with van der Waals surface area (Å²) in [4.78, 5) is 13.2. The van der Waals surface area contributed by atoms with Gasteiger partial charge in [-0.3, -0.25) is 4.90 Å². The number of amides is 1. The van der Waals surface area contributed by atoms with E-state index in [1.54, 1.807) is 60.7 Å². The SMILES string of the molecule is O=C1O[C@@H](C(F)(F)F)[C@@H](c2ccccc2)N1Cc1ccccc1. The molecule has 1 saturated heterocycles. The van der Waals surface area contributed by atoms with Gasteiger partial charge in [0.05, 0.1) is 0 Å². The van der Waals surface area contributed by atoms with Gasteiger partial charge in [0.1, 0.15) is 6.04 Å². The summed E-state index contributed by atoms with van der Waals surface area (Å²) >= 11 is 0. The minimum absolute atomic E-state index is 0.0613. The molecule has 120 valence electrons. The van der Waals surface area contributed by atoms with Crippen LogP contribution in [0.3, 0.4) is 0 Å². The molecule has 0 N–H and O–H groups in total. The second-order valence-corrected chi connectivity index (χ2v) is 5.31. The summed E-state index contributed by atoms with van der Waals surface area (Å²) in [6.07, 6.45) is -7.74. The van der Waals surface area contributed by atoms with Crippen LogP contribution in [0.15, 0.2) is 60.7 Å². The molecule has 2 aromatic rings. The van der Waals surface area contributed by atoms with Crippen molar-refractivity contribution in [2.45, 2.75) is 24.9 Å². The summed E-state index contributed by atoms with van der Waals surface area (Å²) in [6, 6.07) is 15.8. The van der Waals surface area contributed by atoms with E-state index in [1.165, 1.54) is 0 Å². The number of hydrogen-bond donors (Lipinski definition) is 0. The lowest BCUT2D eigenvalue weighted by Gasteiger charge is -2.26. The van der Waals surface area contributed by atoms with Crippen LogP contribution in [0, 0.1) is 0 Å². The van der Waals surface area contributed by atoms with E-state index in [4.69, 9.17) is 0 Å². The Bertz CT molecular complexity index is 673. The summed E-state index contributed by atoms with van der Waals surface area (Å²) in [5.74, 6) is 0. The lowest BCUT2D eigenvalue weighted by Crippen LogP contribution is -2.36. The third-order valence-electron chi connectivity index (χ3n) is 3.74. The topological polar surface area (TPSA) is 29.5 Å². The number of cyclic esters (lactones) is 1. The molecule has 3 nitrogen and oxygen atoms in total. The molecule has 23 heavy (non-hydrogen) atoms. The number of alkyl halides is 3. The third kappa shape index (κ3) is 3.16. The molecule has 3 rings (SSSR count). The van der Waals surface area contributed by atoms with E-state index in [-0.39, 0.29) is 6.54 Å². The first kappa shape index (κ1) is 15.4. The molecule has 0 aromatic heterocycles. The van der Waals surface area contributed by atoms with E-state index in [9.17, 15) is 18.0 Å². The van der Waals surface area contributed by atoms with Crippen LogP contribution in [-0.4, -0.2) is 23.3 Å². The summed E-state index contributed by atoms with van der Waals surface area (Å²) in [5, 5.41) is 0. The van der Waals surface area contributed by atoms with Gasteiger partial charge < -0.3 is 4.74 Å². The van der Waals surface area contributed by atoms with Gasteiger partial charge in [0, 0.05) is 6.54 Å². The zero-order valence-corrected chi connectivity index (χ0v) is 12.0. The standard InChI is InChI=1S/C17H14F3NO2/c18-17(19,20)15-14(13-9-5-2-6-10-13)21(16(22)23-15)11-12-7-3-1-4-8-12/h1-10,14-15H,11H2/t14-,15-/m1/s1. The maximum Gasteiger partial charge on any atom is 0.428 e. The van der Waals surface area contributed by atoms with Crippen LogP contribution in [0.1, 0.15) is 17.2 Å². The molecule has 0 unspecified atom stereocenters. The number of ether oxygens (including phenoxy) is 1. The van der Waals surface area contributed by atoms with Gasteiger partial charge in [-0.25, -0.2) is 4.79 Å². The predicted molar refractivity (Wildman–Crippen MR) is 77.5 cm³/mol. The van der Waals surface area contributed by atoms with Gasteiger partial charge in [-0.15, -0.1) is 0 Å². The fourth-order valence-corrected chi connectivity index (χ4v) is 2.71. The van der Waals surface area contributed by atoms with Crippen molar-refractivity contribution in [2.24, 2.45) is 0 Å². The Morgan fingerprint density at radius 3 is 2.09 bits per heavy atom. The summed E-state index contributed by atoms with van der Waals surface area (Å²) < 4.78 is 44.5. The van der Waals surface area contributed by atoms with Crippen molar-refractivity contribution < 1.29 is 22.7 Å². The van der Waals surface area contributed by atoms with Crippen molar-refractivity contribution in [2.75, 3.05) is 0 Å². The summed E-state index contributed by atoms with van der Waals surface area (Å²) in [5.41, 5.74) is 1.14. The number of nitrogens with zero attached hydrogens (tertiary/aromatic N) is 1. The first-order chi connectivity index (χ1) is 11.0. The lowest BCUT2D eigenvalue weighted by atomic mass is 10.00.